The summed E-state index contributed by atoms with van der Waals surface area (Å²) in [5.41, 5.74) is 4.98. The van der Waals surface area contributed by atoms with Gasteiger partial charge >= 0.3 is 0 Å². The Labute approximate surface area is 407 Å². The molecule has 1 saturated heterocycles. The minimum absolute atomic E-state index is 0.0127. The van der Waals surface area contributed by atoms with Crippen LogP contribution in [-0.2, 0) is 31.2 Å². The fourth-order valence-corrected chi connectivity index (χ4v) is 13.0. The van der Waals surface area contributed by atoms with Crippen LogP contribution in [0.15, 0.2) is 55.1 Å². The quantitative estimate of drug-likeness (QED) is 0.151. The number of fused-ring (bicyclic) bond motifs is 2. The zero-order chi connectivity index (χ0) is 48.6. The van der Waals surface area contributed by atoms with Gasteiger partial charge in [-0.3, -0.25) is 19.0 Å². The third-order valence-corrected chi connectivity index (χ3v) is 16.3. The molecule has 2 aliphatic carbocycles. The number of nitrogens with one attached hydrogen (secondary N) is 1. The number of amides is 2. The monoisotopic (exact) mass is 959 g/mol. The van der Waals surface area contributed by atoms with Crippen molar-refractivity contribution in [3.63, 3.8) is 0 Å². The van der Waals surface area contributed by atoms with Crippen LogP contribution in [0.25, 0.3) is 11.1 Å². The lowest BCUT2D eigenvalue weighted by molar-refractivity contribution is -0.164. The summed E-state index contributed by atoms with van der Waals surface area (Å²) >= 11 is 6.29. The van der Waals surface area contributed by atoms with E-state index in [4.69, 9.17) is 26.4 Å². The first-order chi connectivity index (χ1) is 33.0. The number of piperidine rings is 1. The Morgan fingerprint density at radius 3 is 2.42 bits per heavy atom. The van der Waals surface area contributed by atoms with E-state index in [1.54, 1.807) is 67.7 Å². The lowest BCUT2D eigenvalue weighted by Gasteiger charge is -2.63. The molecule has 0 bridgehead atoms. The van der Waals surface area contributed by atoms with Crippen LogP contribution in [0.5, 0.6) is 5.75 Å². The van der Waals surface area contributed by atoms with E-state index in [1.807, 2.05) is 11.0 Å². The number of nitrogens with zero attached hydrogens (tertiary/aromatic N) is 10. The molecule has 0 unspecified atom stereocenters. The van der Waals surface area contributed by atoms with Gasteiger partial charge in [-0.05, 0) is 92.2 Å². The molecule has 362 valence electrons. The smallest absolute Gasteiger partial charge is 0.271 e. The van der Waals surface area contributed by atoms with Gasteiger partial charge in [0, 0.05) is 104 Å². The summed E-state index contributed by atoms with van der Waals surface area (Å²) in [6, 6.07) is 10.7. The standard InChI is InChI=1S/C52H60ClF2N11O3/c1-31(67)63-20-14-42-39(29-63)46(65-19-7-9-32-21-37(34-25-59-62(6)28-34)38(45(54)55)23-43(32)65)61-66(42)35-12-16-52(17-13-35)15-8-18-64(30-52)44-27-57-41(26-58-44)47(68)60-48-50(2,3)49(51(48,4)5)69-36-11-10-33(24-56)40(53)22-36/h10-11,21-23,25-28,35,45,48-49H,7-9,12-20,29-30H2,1-6H3,(H,60,68). The van der Waals surface area contributed by atoms with Crippen molar-refractivity contribution in [1.82, 2.24) is 39.7 Å². The normalized spacial score (nSPS) is 21.6. The highest BCUT2D eigenvalue weighted by Gasteiger charge is 2.64. The maximum absolute atomic E-state index is 14.8. The van der Waals surface area contributed by atoms with E-state index in [2.05, 4.69) is 63.6 Å². The fourth-order valence-electron chi connectivity index (χ4n) is 12.7. The van der Waals surface area contributed by atoms with Crippen molar-refractivity contribution in [3.8, 4) is 22.9 Å². The number of carbonyl (C=O) groups is 2. The third-order valence-electron chi connectivity index (χ3n) is 16.0. The number of aromatic nitrogens is 6. The van der Waals surface area contributed by atoms with Crippen LogP contribution < -0.4 is 19.9 Å². The van der Waals surface area contributed by atoms with Gasteiger partial charge in [-0.2, -0.15) is 15.5 Å². The molecular formula is C52H60ClF2N11O3. The average Bonchev–Trinajstić information content (AvgIpc) is 3.95. The average molecular weight is 961 g/mol. The molecule has 1 N–H and O–H groups in total. The first-order valence-electron chi connectivity index (χ1n) is 24.3. The highest BCUT2D eigenvalue weighted by molar-refractivity contribution is 6.31. The van der Waals surface area contributed by atoms with Crippen molar-refractivity contribution in [2.75, 3.05) is 36.0 Å². The Morgan fingerprint density at radius 1 is 0.971 bits per heavy atom. The molecule has 3 fully saturated rings. The lowest BCUT2D eigenvalue weighted by atomic mass is 9.49. The molecule has 3 aliphatic heterocycles. The molecule has 0 radical (unpaired) electrons. The number of hydrogen-bond acceptors (Lipinski definition) is 10. The number of benzene rings is 2. The van der Waals surface area contributed by atoms with Gasteiger partial charge in [0.2, 0.25) is 5.91 Å². The van der Waals surface area contributed by atoms with Crippen LogP contribution in [0.3, 0.4) is 0 Å². The third kappa shape index (κ3) is 8.38. The topological polar surface area (TPSA) is 150 Å². The van der Waals surface area contributed by atoms with Crippen molar-refractivity contribution in [3.05, 3.63) is 93.8 Å². The summed E-state index contributed by atoms with van der Waals surface area (Å²) in [5, 5.41) is 22.5. The summed E-state index contributed by atoms with van der Waals surface area (Å²) in [6.45, 7) is 13.3. The van der Waals surface area contributed by atoms with Gasteiger partial charge in [0.25, 0.3) is 12.3 Å². The molecule has 2 aromatic carbocycles. The molecule has 3 aromatic heterocycles. The van der Waals surface area contributed by atoms with E-state index < -0.39 is 17.3 Å². The zero-order valence-electron chi connectivity index (χ0n) is 40.2. The van der Waals surface area contributed by atoms with Crippen molar-refractivity contribution < 1.29 is 23.1 Å². The number of aryl methyl sites for hydroxylation is 2. The van der Waals surface area contributed by atoms with Gasteiger partial charge in [-0.25, -0.2) is 18.7 Å². The van der Waals surface area contributed by atoms with Crippen molar-refractivity contribution in [2.45, 2.75) is 124 Å². The molecule has 0 atom stereocenters. The summed E-state index contributed by atoms with van der Waals surface area (Å²) in [4.78, 5) is 42.2. The van der Waals surface area contributed by atoms with Gasteiger partial charge in [-0.1, -0.05) is 39.3 Å². The highest BCUT2D eigenvalue weighted by atomic mass is 35.5. The first kappa shape index (κ1) is 46.6. The zero-order valence-corrected chi connectivity index (χ0v) is 41.0. The number of nitriles is 1. The van der Waals surface area contributed by atoms with E-state index in [0.29, 0.717) is 53.5 Å². The van der Waals surface area contributed by atoms with Gasteiger partial charge in [0.05, 0.1) is 41.8 Å². The maximum atomic E-state index is 14.8. The predicted octanol–water partition coefficient (Wildman–Crippen LogP) is 9.54. The molecule has 10 rings (SSSR count). The second kappa shape index (κ2) is 17.7. The van der Waals surface area contributed by atoms with E-state index in [9.17, 15) is 23.6 Å². The Morgan fingerprint density at radius 2 is 1.75 bits per heavy atom. The molecule has 5 aliphatic rings. The molecule has 1 spiro atoms. The van der Waals surface area contributed by atoms with Gasteiger partial charge in [0.15, 0.2) is 5.82 Å². The summed E-state index contributed by atoms with van der Waals surface area (Å²) in [6.07, 6.45) is 12.2. The van der Waals surface area contributed by atoms with Crippen LogP contribution >= 0.6 is 11.6 Å². The van der Waals surface area contributed by atoms with Crippen molar-refractivity contribution >= 4 is 40.7 Å². The first-order valence-corrected chi connectivity index (χ1v) is 24.7. The van der Waals surface area contributed by atoms with Gasteiger partial charge in [0.1, 0.15) is 29.4 Å². The molecule has 2 amide bonds. The van der Waals surface area contributed by atoms with Crippen LogP contribution in [0, 0.1) is 27.6 Å². The highest BCUT2D eigenvalue weighted by Crippen LogP contribution is 2.56. The molecule has 69 heavy (non-hydrogen) atoms. The number of alkyl halides is 2. The molecule has 5 aromatic rings. The van der Waals surface area contributed by atoms with Crippen LogP contribution in [0.1, 0.15) is 130 Å². The summed E-state index contributed by atoms with van der Waals surface area (Å²) in [5.74, 6) is 1.83. The van der Waals surface area contributed by atoms with E-state index in [1.165, 1.54) is 0 Å². The summed E-state index contributed by atoms with van der Waals surface area (Å²) in [7, 11) is 1.79. The number of rotatable bonds is 9. The second-order valence-electron chi connectivity index (χ2n) is 21.2. The lowest BCUT2D eigenvalue weighted by Crippen LogP contribution is -2.74. The minimum atomic E-state index is -2.67. The summed E-state index contributed by atoms with van der Waals surface area (Å²) < 4.78 is 39.9. The van der Waals surface area contributed by atoms with E-state index in [0.717, 1.165) is 98.6 Å². The number of hydrogen-bond donors (Lipinski definition) is 1. The van der Waals surface area contributed by atoms with Crippen molar-refractivity contribution in [1.29, 1.82) is 5.26 Å². The Bertz CT molecular complexity index is 2830. The molecular weight excluding hydrogens is 900 g/mol. The number of ether oxygens (including phenoxy) is 1. The minimum Gasteiger partial charge on any atom is -0.489 e. The largest absolute Gasteiger partial charge is 0.489 e. The SMILES string of the molecule is CC(=O)N1CCc2c(c(N3CCCc4cc(-c5cnn(C)c5)c(C(F)F)cc43)nn2C2CCC3(CCCN(c4cnc(C(=O)NC5C(C)(C)C(Oc6ccc(C#N)c(Cl)c6)C5(C)C)cn4)C3)CC2)C1. The molecule has 6 heterocycles. The van der Waals surface area contributed by atoms with Crippen LogP contribution in [-0.4, -0.2) is 84.6 Å². The van der Waals surface area contributed by atoms with E-state index >= 15 is 0 Å². The predicted molar refractivity (Wildman–Crippen MR) is 259 cm³/mol. The number of carbonyl (C=O) groups excluding carboxylic acids is 2. The van der Waals surface area contributed by atoms with Gasteiger partial charge < -0.3 is 24.8 Å². The maximum Gasteiger partial charge on any atom is 0.271 e. The Hall–Kier alpha value is -6.08. The second-order valence-corrected chi connectivity index (χ2v) is 21.6. The van der Waals surface area contributed by atoms with Crippen LogP contribution in [0.4, 0.5) is 26.1 Å². The number of halogens is 3. The molecule has 17 heteroatoms. The van der Waals surface area contributed by atoms with Crippen LogP contribution in [0.2, 0.25) is 5.02 Å². The van der Waals surface area contributed by atoms with Crippen molar-refractivity contribution in [2.24, 2.45) is 23.3 Å². The molecule has 14 nitrogen and oxygen atoms in total. The Balaban J connectivity index is 0.823. The molecule has 2 saturated carbocycles. The Kier molecular flexibility index (Phi) is 12.0. The fraction of sp³-hybridized carbons (Fsp3) is 0.519. The number of anilines is 3. The van der Waals surface area contributed by atoms with E-state index in [-0.39, 0.29) is 46.7 Å². The van der Waals surface area contributed by atoms with Gasteiger partial charge in [-0.15, -0.1) is 0 Å².